The molecule has 0 aliphatic rings. The fourth-order valence-electron chi connectivity index (χ4n) is 2.78. The molecule has 9 nitrogen and oxygen atoms in total. The third-order valence-corrected chi connectivity index (χ3v) is 4.62. The van der Waals surface area contributed by atoms with Crippen molar-refractivity contribution in [2.45, 2.75) is 19.8 Å². The van der Waals surface area contributed by atoms with Gasteiger partial charge >= 0.3 is 5.97 Å². The molecule has 10 heteroatoms. The van der Waals surface area contributed by atoms with Gasteiger partial charge in [0.25, 0.3) is 5.91 Å². The van der Waals surface area contributed by atoms with E-state index in [1.54, 1.807) is 30.3 Å². The average Bonchev–Trinajstić information content (AvgIpc) is 3.32. The summed E-state index contributed by atoms with van der Waals surface area (Å²) in [4.78, 5) is 28.7. The summed E-state index contributed by atoms with van der Waals surface area (Å²) in [5.74, 6) is -0.247. The van der Waals surface area contributed by atoms with E-state index in [0.717, 1.165) is 12.8 Å². The molecular formula is C22H23ClN4O5. The van der Waals surface area contributed by atoms with Crippen molar-refractivity contribution in [3.05, 3.63) is 59.6 Å². The maximum atomic E-state index is 12.4. The van der Waals surface area contributed by atoms with Crippen LogP contribution in [0.1, 0.15) is 30.1 Å². The van der Waals surface area contributed by atoms with Crippen LogP contribution in [0.25, 0.3) is 5.69 Å². The fraction of sp³-hybridized carbons (Fsp3) is 0.273. The number of carbonyl (C=O) groups excluding carboxylic acids is 2. The van der Waals surface area contributed by atoms with Crippen molar-refractivity contribution in [3.63, 3.8) is 0 Å². The first-order valence-corrected chi connectivity index (χ1v) is 10.3. The highest BCUT2D eigenvalue weighted by Gasteiger charge is 2.15. The number of benzene rings is 2. The minimum atomic E-state index is -0.666. The number of hydrogen-bond donors (Lipinski definition) is 1. The maximum Gasteiger partial charge on any atom is 0.338 e. The molecule has 1 heterocycles. The standard InChI is InChI=1S/C22H23ClN4O5/c1-3-4-9-31-19-8-5-15(10-20(19)30-2)22(29)32-12-21(28)26-17-11-16(23)6-7-18(17)27-14-24-13-25-27/h5-8,10-11,13-14H,3-4,9,12H2,1-2H3,(H,26,28). The van der Waals surface area contributed by atoms with E-state index >= 15 is 0 Å². The van der Waals surface area contributed by atoms with Gasteiger partial charge in [-0.3, -0.25) is 4.79 Å². The lowest BCUT2D eigenvalue weighted by Gasteiger charge is -2.13. The summed E-state index contributed by atoms with van der Waals surface area (Å²) < 4.78 is 17.6. The van der Waals surface area contributed by atoms with Crippen LogP contribution in [-0.4, -0.2) is 47.0 Å². The Morgan fingerprint density at radius 3 is 2.72 bits per heavy atom. The van der Waals surface area contributed by atoms with Crippen LogP contribution in [0.2, 0.25) is 5.02 Å². The Bertz CT molecular complexity index is 1070. The van der Waals surface area contributed by atoms with E-state index in [2.05, 4.69) is 22.3 Å². The number of aromatic nitrogens is 3. The predicted molar refractivity (Wildman–Crippen MR) is 119 cm³/mol. The summed E-state index contributed by atoms with van der Waals surface area (Å²) in [7, 11) is 1.49. The Labute approximate surface area is 190 Å². The third kappa shape index (κ3) is 5.98. The van der Waals surface area contributed by atoms with E-state index in [9.17, 15) is 9.59 Å². The zero-order chi connectivity index (χ0) is 22.9. The smallest absolute Gasteiger partial charge is 0.338 e. The summed E-state index contributed by atoms with van der Waals surface area (Å²) in [6.45, 7) is 2.13. The number of rotatable bonds is 10. The van der Waals surface area contributed by atoms with Crippen LogP contribution < -0.4 is 14.8 Å². The number of ether oxygens (including phenoxy) is 3. The Hall–Kier alpha value is -3.59. The number of unbranched alkanes of at least 4 members (excludes halogenated alkanes) is 1. The lowest BCUT2D eigenvalue weighted by Crippen LogP contribution is -2.21. The van der Waals surface area contributed by atoms with Crippen molar-refractivity contribution in [1.82, 2.24) is 14.8 Å². The molecule has 168 valence electrons. The molecule has 0 unspecified atom stereocenters. The molecule has 0 saturated carbocycles. The molecule has 0 atom stereocenters. The molecule has 0 aliphatic carbocycles. The fourth-order valence-corrected chi connectivity index (χ4v) is 2.95. The minimum Gasteiger partial charge on any atom is -0.493 e. The van der Waals surface area contributed by atoms with Crippen LogP contribution in [-0.2, 0) is 9.53 Å². The van der Waals surface area contributed by atoms with Crippen LogP contribution in [0.3, 0.4) is 0 Å². The zero-order valence-electron chi connectivity index (χ0n) is 17.7. The summed E-state index contributed by atoms with van der Waals surface area (Å²) in [6, 6.07) is 9.64. The Morgan fingerprint density at radius 2 is 2.00 bits per heavy atom. The van der Waals surface area contributed by atoms with Gasteiger partial charge in [0.2, 0.25) is 0 Å². The highest BCUT2D eigenvalue weighted by molar-refractivity contribution is 6.31. The number of nitrogens with one attached hydrogen (secondary N) is 1. The minimum absolute atomic E-state index is 0.239. The molecule has 0 spiro atoms. The van der Waals surface area contributed by atoms with Gasteiger partial charge in [0.1, 0.15) is 12.7 Å². The van der Waals surface area contributed by atoms with Crippen LogP contribution in [0, 0.1) is 0 Å². The summed E-state index contributed by atoms with van der Waals surface area (Å²) in [6.07, 6.45) is 4.77. The van der Waals surface area contributed by atoms with Gasteiger partial charge in [0, 0.05) is 5.02 Å². The number of halogens is 1. The van der Waals surface area contributed by atoms with Gasteiger partial charge in [-0.1, -0.05) is 24.9 Å². The largest absolute Gasteiger partial charge is 0.493 e. The number of amides is 1. The highest BCUT2D eigenvalue weighted by Crippen LogP contribution is 2.29. The Kier molecular flexibility index (Phi) is 8.04. The third-order valence-electron chi connectivity index (χ3n) is 4.39. The van der Waals surface area contributed by atoms with E-state index in [1.807, 2.05) is 0 Å². The highest BCUT2D eigenvalue weighted by atomic mass is 35.5. The molecule has 0 bridgehead atoms. The lowest BCUT2D eigenvalue weighted by molar-refractivity contribution is -0.119. The summed E-state index contributed by atoms with van der Waals surface area (Å²) in [5, 5.41) is 7.15. The average molecular weight is 459 g/mol. The topological polar surface area (TPSA) is 105 Å². The number of esters is 1. The molecule has 0 fully saturated rings. The molecule has 3 rings (SSSR count). The number of methoxy groups -OCH3 is 1. The van der Waals surface area contributed by atoms with E-state index in [1.165, 1.54) is 30.5 Å². The monoisotopic (exact) mass is 458 g/mol. The molecule has 32 heavy (non-hydrogen) atoms. The number of nitrogens with zero attached hydrogens (tertiary/aromatic N) is 3. The van der Waals surface area contributed by atoms with Gasteiger partial charge in [0.05, 0.1) is 30.7 Å². The first-order valence-electron chi connectivity index (χ1n) is 9.94. The van der Waals surface area contributed by atoms with Crippen molar-refractivity contribution in [1.29, 1.82) is 0 Å². The summed E-state index contributed by atoms with van der Waals surface area (Å²) >= 11 is 6.05. The van der Waals surface area contributed by atoms with Gasteiger partial charge in [-0.25, -0.2) is 14.5 Å². The van der Waals surface area contributed by atoms with Crippen molar-refractivity contribution in [3.8, 4) is 17.2 Å². The number of carbonyl (C=O) groups is 2. The first-order chi connectivity index (χ1) is 15.5. The Balaban J connectivity index is 1.62. The van der Waals surface area contributed by atoms with Gasteiger partial charge in [-0.15, -0.1) is 0 Å². The SMILES string of the molecule is CCCCOc1ccc(C(=O)OCC(=O)Nc2cc(Cl)ccc2-n2cncn2)cc1OC. The van der Waals surface area contributed by atoms with Gasteiger partial charge < -0.3 is 19.5 Å². The van der Waals surface area contributed by atoms with Gasteiger partial charge in [-0.05, 0) is 42.8 Å². The number of hydrogen-bond acceptors (Lipinski definition) is 7. The second kappa shape index (κ2) is 11.1. The molecule has 0 aliphatic heterocycles. The van der Waals surface area contributed by atoms with Gasteiger partial charge in [-0.2, -0.15) is 5.10 Å². The van der Waals surface area contributed by atoms with Crippen molar-refractivity contribution in [2.24, 2.45) is 0 Å². The molecule has 0 saturated heterocycles. The molecule has 1 N–H and O–H groups in total. The van der Waals surface area contributed by atoms with Crippen LogP contribution in [0.4, 0.5) is 5.69 Å². The molecule has 0 radical (unpaired) electrons. The molecular weight excluding hydrogens is 436 g/mol. The predicted octanol–water partition coefficient (Wildman–Crippen LogP) is 3.90. The molecule has 1 aromatic heterocycles. The van der Waals surface area contributed by atoms with E-state index in [4.69, 9.17) is 25.8 Å². The van der Waals surface area contributed by atoms with E-state index in [-0.39, 0.29) is 5.56 Å². The lowest BCUT2D eigenvalue weighted by atomic mass is 10.2. The first kappa shape index (κ1) is 23.1. The quantitative estimate of drug-likeness (QED) is 0.363. The normalized spacial score (nSPS) is 10.5. The van der Waals surface area contributed by atoms with Crippen molar-refractivity contribution >= 4 is 29.2 Å². The molecule has 1 amide bonds. The Morgan fingerprint density at radius 1 is 1.16 bits per heavy atom. The summed E-state index contributed by atoms with van der Waals surface area (Å²) in [5.41, 5.74) is 1.21. The molecule has 3 aromatic rings. The molecule has 2 aromatic carbocycles. The second-order valence-corrected chi connectivity index (χ2v) is 7.13. The second-order valence-electron chi connectivity index (χ2n) is 6.69. The van der Waals surface area contributed by atoms with E-state index < -0.39 is 18.5 Å². The maximum absolute atomic E-state index is 12.4. The van der Waals surface area contributed by atoms with Gasteiger partial charge in [0.15, 0.2) is 18.1 Å². The van der Waals surface area contributed by atoms with Crippen molar-refractivity contribution < 1.29 is 23.8 Å². The van der Waals surface area contributed by atoms with E-state index in [0.29, 0.717) is 34.5 Å². The van der Waals surface area contributed by atoms with Crippen LogP contribution >= 0.6 is 11.6 Å². The van der Waals surface area contributed by atoms with Crippen LogP contribution in [0.15, 0.2) is 49.1 Å². The van der Waals surface area contributed by atoms with Crippen LogP contribution in [0.5, 0.6) is 11.5 Å². The van der Waals surface area contributed by atoms with Crippen molar-refractivity contribution in [2.75, 3.05) is 25.6 Å². The zero-order valence-corrected chi connectivity index (χ0v) is 18.5. The number of anilines is 1.